The molecule has 1 saturated carbocycles. The summed E-state index contributed by atoms with van der Waals surface area (Å²) in [4.78, 5) is 26.1. The highest BCUT2D eigenvalue weighted by molar-refractivity contribution is 6.30. The fourth-order valence-electron chi connectivity index (χ4n) is 2.74. The van der Waals surface area contributed by atoms with Gasteiger partial charge in [0.25, 0.3) is 0 Å². The van der Waals surface area contributed by atoms with E-state index in [-0.39, 0.29) is 17.9 Å². The molecule has 1 heterocycles. The largest absolute Gasteiger partial charge is 0.344 e. The number of nitrogens with zero attached hydrogens (tertiary/aromatic N) is 1. The summed E-state index contributed by atoms with van der Waals surface area (Å²) in [5.74, 6) is 0.420. The highest BCUT2D eigenvalue weighted by atomic mass is 35.5. The zero-order valence-corrected chi connectivity index (χ0v) is 12.6. The van der Waals surface area contributed by atoms with Crippen molar-refractivity contribution >= 4 is 23.4 Å². The number of carbonyl (C=O) groups is 2. The third-order valence-corrected chi connectivity index (χ3v) is 4.43. The van der Waals surface area contributed by atoms with Gasteiger partial charge in [-0.15, -0.1) is 0 Å². The van der Waals surface area contributed by atoms with Gasteiger partial charge < -0.3 is 10.2 Å². The van der Waals surface area contributed by atoms with Gasteiger partial charge in [-0.3, -0.25) is 9.59 Å². The number of halogens is 1. The van der Waals surface area contributed by atoms with Crippen LogP contribution in [0.2, 0.25) is 5.02 Å². The summed E-state index contributed by atoms with van der Waals surface area (Å²) in [7, 11) is 0. The highest BCUT2D eigenvalue weighted by Gasteiger charge is 2.40. The van der Waals surface area contributed by atoms with Crippen LogP contribution in [-0.2, 0) is 16.0 Å². The van der Waals surface area contributed by atoms with E-state index < -0.39 is 0 Å². The fraction of sp³-hybridized carbons (Fsp3) is 0.500. The van der Waals surface area contributed by atoms with Gasteiger partial charge in [0.2, 0.25) is 11.8 Å². The van der Waals surface area contributed by atoms with Crippen molar-refractivity contribution in [3.8, 4) is 0 Å². The van der Waals surface area contributed by atoms with Gasteiger partial charge in [0, 0.05) is 24.5 Å². The van der Waals surface area contributed by atoms with E-state index in [2.05, 4.69) is 5.32 Å². The molecule has 1 N–H and O–H groups in total. The van der Waals surface area contributed by atoms with Gasteiger partial charge in [-0.1, -0.05) is 23.7 Å². The number of rotatable bonds is 4. The molecule has 5 heteroatoms. The molecule has 112 valence electrons. The zero-order valence-electron chi connectivity index (χ0n) is 11.8. The normalized spacial score (nSPS) is 22.9. The topological polar surface area (TPSA) is 49.4 Å². The quantitative estimate of drug-likeness (QED) is 0.925. The molecule has 3 rings (SSSR count). The first-order valence-electron chi connectivity index (χ1n) is 7.46. The van der Waals surface area contributed by atoms with Gasteiger partial charge in [-0.25, -0.2) is 0 Å². The number of nitrogens with one attached hydrogen (secondary N) is 1. The molecule has 1 aromatic rings. The van der Waals surface area contributed by atoms with Crippen molar-refractivity contribution < 1.29 is 9.59 Å². The first-order chi connectivity index (χ1) is 10.1. The summed E-state index contributed by atoms with van der Waals surface area (Å²) >= 11 is 5.87. The molecule has 0 spiro atoms. The van der Waals surface area contributed by atoms with E-state index in [1.165, 1.54) is 0 Å². The van der Waals surface area contributed by atoms with Crippen LogP contribution in [0.25, 0.3) is 0 Å². The van der Waals surface area contributed by atoms with Crippen molar-refractivity contribution in [2.45, 2.75) is 31.7 Å². The molecular weight excluding hydrogens is 288 g/mol. The van der Waals surface area contributed by atoms with Crippen molar-refractivity contribution in [2.24, 2.45) is 5.92 Å². The average Bonchev–Trinajstić information content (AvgIpc) is 3.30. The smallest absolute Gasteiger partial charge is 0.245 e. The summed E-state index contributed by atoms with van der Waals surface area (Å²) < 4.78 is 0. The number of hydrogen-bond acceptors (Lipinski definition) is 2. The lowest BCUT2D eigenvalue weighted by atomic mass is 10.1. The second kappa shape index (κ2) is 6.06. The van der Waals surface area contributed by atoms with Gasteiger partial charge in [-0.05, 0) is 42.9 Å². The molecule has 1 unspecified atom stereocenters. The van der Waals surface area contributed by atoms with E-state index >= 15 is 0 Å². The van der Waals surface area contributed by atoms with Crippen molar-refractivity contribution in [1.29, 1.82) is 0 Å². The maximum atomic E-state index is 12.5. The lowest BCUT2D eigenvalue weighted by Gasteiger charge is -2.24. The lowest BCUT2D eigenvalue weighted by molar-refractivity contribution is -0.134. The van der Waals surface area contributed by atoms with Crippen LogP contribution in [0.15, 0.2) is 24.3 Å². The standard InChI is InChI=1S/C16H19ClN2O2/c17-13-5-1-11(2-6-13)7-9-19-10-8-14(20)18-15(16(19)21)12-3-4-12/h1-2,5-6,12,15H,3-4,7-10H2,(H,18,20). The number of benzene rings is 1. The van der Waals surface area contributed by atoms with Crippen LogP contribution in [0, 0.1) is 5.92 Å². The van der Waals surface area contributed by atoms with Gasteiger partial charge in [0.1, 0.15) is 6.04 Å². The van der Waals surface area contributed by atoms with E-state index in [9.17, 15) is 9.59 Å². The Balaban J connectivity index is 1.64. The van der Waals surface area contributed by atoms with Crippen LogP contribution >= 0.6 is 11.6 Å². The van der Waals surface area contributed by atoms with Crippen LogP contribution in [0.4, 0.5) is 0 Å². The van der Waals surface area contributed by atoms with Crippen molar-refractivity contribution in [2.75, 3.05) is 13.1 Å². The van der Waals surface area contributed by atoms with E-state index in [1.54, 1.807) is 0 Å². The van der Waals surface area contributed by atoms with Crippen LogP contribution in [0.1, 0.15) is 24.8 Å². The summed E-state index contributed by atoms with van der Waals surface area (Å²) in [5.41, 5.74) is 1.15. The number of hydrogen-bond donors (Lipinski definition) is 1. The Morgan fingerprint density at radius 1 is 1.19 bits per heavy atom. The lowest BCUT2D eigenvalue weighted by Crippen LogP contribution is -2.46. The summed E-state index contributed by atoms with van der Waals surface area (Å²) in [6.07, 6.45) is 3.27. The molecular formula is C16H19ClN2O2. The van der Waals surface area contributed by atoms with Gasteiger partial charge >= 0.3 is 0 Å². The molecule has 2 aliphatic rings. The Bertz CT molecular complexity index is 540. The average molecular weight is 307 g/mol. The van der Waals surface area contributed by atoms with Gasteiger partial charge in [-0.2, -0.15) is 0 Å². The minimum atomic E-state index is -0.301. The minimum Gasteiger partial charge on any atom is -0.344 e. The first-order valence-corrected chi connectivity index (χ1v) is 7.84. The summed E-state index contributed by atoms with van der Waals surface area (Å²) in [5, 5.41) is 3.59. The van der Waals surface area contributed by atoms with Crippen molar-refractivity contribution in [3.05, 3.63) is 34.9 Å². The summed E-state index contributed by atoms with van der Waals surface area (Å²) in [6.45, 7) is 1.17. The molecule has 0 aromatic heterocycles. The van der Waals surface area contributed by atoms with Gasteiger partial charge in [0.05, 0.1) is 0 Å². The molecule has 0 bridgehead atoms. The number of carbonyl (C=O) groups excluding carboxylic acids is 2. The maximum Gasteiger partial charge on any atom is 0.245 e. The fourth-order valence-corrected chi connectivity index (χ4v) is 2.86. The Morgan fingerprint density at radius 3 is 2.57 bits per heavy atom. The highest BCUT2D eigenvalue weighted by Crippen LogP contribution is 2.34. The van der Waals surface area contributed by atoms with Crippen LogP contribution < -0.4 is 5.32 Å². The maximum absolute atomic E-state index is 12.5. The molecule has 4 nitrogen and oxygen atoms in total. The second-order valence-electron chi connectivity index (χ2n) is 5.83. The zero-order chi connectivity index (χ0) is 14.8. The molecule has 0 radical (unpaired) electrons. The van der Waals surface area contributed by atoms with E-state index in [4.69, 9.17) is 11.6 Å². The molecule has 1 aromatic carbocycles. The van der Waals surface area contributed by atoms with Crippen molar-refractivity contribution in [3.63, 3.8) is 0 Å². The molecule has 1 saturated heterocycles. The molecule has 1 aliphatic heterocycles. The molecule has 1 atom stereocenters. The molecule has 2 amide bonds. The second-order valence-corrected chi connectivity index (χ2v) is 6.27. The predicted octanol–water partition coefficient (Wildman–Crippen LogP) is 2.01. The Hall–Kier alpha value is -1.55. The van der Waals surface area contributed by atoms with Crippen LogP contribution in [-0.4, -0.2) is 35.8 Å². The molecule has 1 aliphatic carbocycles. The van der Waals surface area contributed by atoms with Gasteiger partial charge in [0.15, 0.2) is 0 Å². The summed E-state index contributed by atoms with van der Waals surface area (Å²) in [6, 6.07) is 7.38. The third-order valence-electron chi connectivity index (χ3n) is 4.18. The Labute approximate surface area is 129 Å². The molecule has 2 fully saturated rings. The predicted molar refractivity (Wildman–Crippen MR) is 81.0 cm³/mol. The van der Waals surface area contributed by atoms with E-state index in [1.807, 2.05) is 29.2 Å². The minimum absolute atomic E-state index is 0.00533. The van der Waals surface area contributed by atoms with Crippen molar-refractivity contribution in [1.82, 2.24) is 10.2 Å². The third kappa shape index (κ3) is 3.56. The SMILES string of the molecule is O=C1CCN(CCc2ccc(Cl)cc2)C(=O)C(C2CC2)N1. The Morgan fingerprint density at radius 2 is 1.90 bits per heavy atom. The van der Waals surface area contributed by atoms with Crippen LogP contribution in [0.3, 0.4) is 0 Å². The van der Waals surface area contributed by atoms with E-state index in [0.717, 1.165) is 24.8 Å². The Kier molecular flexibility index (Phi) is 4.15. The molecule has 21 heavy (non-hydrogen) atoms. The number of amides is 2. The monoisotopic (exact) mass is 306 g/mol. The van der Waals surface area contributed by atoms with E-state index in [0.29, 0.717) is 30.5 Å². The first kappa shape index (κ1) is 14.4. The van der Waals surface area contributed by atoms with Crippen LogP contribution in [0.5, 0.6) is 0 Å².